The van der Waals surface area contributed by atoms with Gasteiger partial charge in [-0.1, -0.05) is 27.7 Å². The Bertz CT molecular complexity index is 213. The molecule has 2 fully saturated rings. The molecule has 1 saturated carbocycles. The van der Waals surface area contributed by atoms with E-state index in [-0.39, 0.29) is 0 Å². The van der Waals surface area contributed by atoms with E-state index in [1.54, 1.807) is 0 Å². The average Bonchev–Trinajstić information content (AvgIpc) is 2.62. The molecule has 1 heterocycles. The zero-order valence-electron chi connectivity index (χ0n) is 10.7. The molecule has 1 atom stereocenters. The largest absolute Gasteiger partial charge is 0.314 e. The van der Waals surface area contributed by atoms with Crippen molar-refractivity contribution in [1.82, 2.24) is 10.6 Å². The highest BCUT2D eigenvalue weighted by molar-refractivity contribution is 5.17. The Balaban J connectivity index is 1.67. The van der Waals surface area contributed by atoms with Crippen molar-refractivity contribution in [3.05, 3.63) is 0 Å². The van der Waals surface area contributed by atoms with Crippen LogP contribution in [0.25, 0.3) is 0 Å². The summed E-state index contributed by atoms with van der Waals surface area (Å²) in [7, 11) is 0. The third-order valence-corrected chi connectivity index (χ3v) is 5.02. The van der Waals surface area contributed by atoms with Crippen molar-refractivity contribution in [1.29, 1.82) is 0 Å². The van der Waals surface area contributed by atoms with Crippen LogP contribution < -0.4 is 10.6 Å². The number of nitrogens with one attached hydrogen (secondary N) is 2. The molecule has 0 bridgehead atoms. The Labute approximate surface area is 94.2 Å². The molecule has 0 spiro atoms. The lowest BCUT2D eigenvalue weighted by atomic mass is 10.0. The van der Waals surface area contributed by atoms with E-state index in [0.29, 0.717) is 16.9 Å². The van der Waals surface area contributed by atoms with E-state index in [9.17, 15) is 0 Å². The molecule has 0 aromatic rings. The summed E-state index contributed by atoms with van der Waals surface area (Å²) in [5.41, 5.74) is 0.964. The van der Waals surface area contributed by atoms with Gasteiger partial charge in [0.1, 0.15) is 0 Å². The third-order valence-electron chi connectivity index (χ3n) is 5.02. The molecule has 2 aliphatic rings. The van der Waals surface area contributed by atoms with Crippen LogP contribution >= 0.6 is 0 Å². The minimum Gasteiger partial charge on any atom is -0.314 e. The van der Waals surface area contributed by atoms with Crippen molar-refractivity contribution in [2.75, 3.05) is 13.1 Å². The van der Waals surface area contributed by atoms with Crippen molar-refractivity contribution < 1.29 is 0 Å². The van der Waals surface area contributed by atoms with Gasteiger partial charge in [0, 0.05) is 12.1 Å². The minimum absolute atomic E-state index is 0.482. The predicted octanol–water partition coefficient (Wildman–Crippen LogP) is 2.15. The third kappa shape index (κ3) is 1.94. The second kappa shape index (κ2) is 3.74. The van der Waals surface area contributed by atoms with E-state index in [2.05, 4.69) is 38.3 Å². The summed E-state index contributed by atoms with van der Waals surface area (Å²) < 4.78 is 0. The van der Waals surface area contributed by atoms with Gasteiger partial charge in [-0.05, 0) is 43.2 Å². The standard InChI is InChI=1S/C13H26N2/c1-12(2)11(13(12,3)4)15-9-7-10-6-5-8-14-10/h10-11,14-15H,5-9H2,1-4H3. The SMILES string of the molecule is CC1(C)C(NCCC2CCCN2)C1(C)C. The molecule has 2 nitrogen and oxygen atoms in total. The van der Waals surface area contributed by atoms with Gasteiger partial charge in [0.05, 0.1) is 0 Å². The summed E-state index contributed by atoms with van der Waals surface area (Å²) in [5.74, 6) is 0. The topological polar surface area (TPSA) is 24.1 Å². The molecule has 0 aromatic heterocycles. The second-order valence-corrected chi connectivity index (χ2v) is 6.41. The summed E-state index contributed by atoms with van der Waals surface area (Å²) in [4.78, 5) is 0. The molecule has 1 unspecified atom stereocenters. The monoisotopic (exact) mass is 210 g/mol. The fourth-order valence-corrected chi connectivity index (χ4v) is 3.11. The Kier molecular flexibility index (Phi) is 2.85. The van der Waals surface area contributed by atoms with Crippen molar-refractivity contribution in [3.8, 4) is 0 Å². The highest BCUT2D eigenvalue weighted by Gasteiger charge is 2.64. The van der Waals surface area contributed by atoms with Crippen LogP contribution in [0, 0.1) is 10.8 Å². The average molecular weight is 210 g/mol. The molecule has 0 aromatic carbocycles. The van der Waals surface area contributed by atoms with E-state index in [1.807, 2.05) is 0 Å². The summed E-state index contributed by atoms with van der Waals surface area (Å²) in [6.45, 7) is 11.9. The Morgan fingerprint density at radius 3 is 2.33 bits per heavy atom. The summed E-state index contributed by atoms with van der Waals surface area (Å²) in [5, 5.41) is 7.28. The molecule has 2 rings (SSSR count). The Morgan fingerprint density at radius 2 is 1.87 bits per heavy atom. The summed E-state index contributed by atoms with van der Waals surface area (Å²) in [6, 6.07) is 1.49. The van der Waals surface area contributed by atoms with Crippen LogP contribution in [0.3, 0.4) is 0 Å². The number of rotatable bonds is 4. The van der Waals surface area contributed by atoms with Gasteiger partial charge in [0.15, 0.2) is 0 Å². The van der Waals surface area contributed by atoms with E-state index < -0.39 is 0 Å². The van der Waals surface area contributed by atoms with Gasteiger partial charge in [-0.2, -0.15) is 0 Å². The Hall–Kier alpha value is -0.0800. The zero-order valence-corrected chi connectivity index (χ0v) is 10.7. The van der Waals surface area contributed by atoms with Crippen LogP contribution in [0.2, 0.25) is 0 Å². The first-order valence-electron chi connectivity index (χ1n) is 6.43. The molecular formula is C13H26N2. The molecular weight excluding hydrogens is 184 g/mol. The highest BCUT2D eigenvalue weighted by Crippen LogP contribution is 2.62. The van der Waals surface area contributed by atoms with E-state index in [1.165, 1.54) is 32.4 Å². The van der Waals surface area contributed by atoms with E-state index >= 15 is 0 Å². The molecule has 15 heavy (non-hydrogen) atoms. The predicted molar refractivity (Wildman–Crippen MR) is 65.0 cm³/mol. The molecule has 0 radical (unpaired) electrons. The quantitative estimate of drug-likeness (QED) is 0.743. The van der Waals surface area contributed by atoms with Crippen LogP contribution in [-0.2, 0) is 0 Å². The fraction of sp³-hybridized carbons (Fsp3) is 1.00. The van der Waals surface area contributed by atoms with Crippen molar-refractivity contribution in [2.45, 2.75) is 59.0 Å². The molecule has 2 heteroatoms. The highest BCUT2D eigenvalue weighted by atomic mass is 15.0. The Morgan fingerprint density at radius 1 is 1.20 bits per heavy atom. The first-order valence-corrected chi connectivity index (χ1v) is 6.43. The molecule has 1 saturated heterocycles. The van der Waals surface area contributed by atoms with Crippen LogP contribution in [-0.4, -0.2) is 25.2 Å². The molecule has 1 aliphatic carbocycles. The maximum Gasteiger partial charge on any atom is 0.0181 e. The summed E-state index contributed by atoms with van der Waals surface area (Å²) >= 11 is 0. The zero-order chi connectivity index (χ0) is 11.1. The maximum atomic E-state index is 3.72. The molecule has 1 aliphatic heterocycles. The minimum atomic E-state index is 0.482. The van der Waals surface area contributed by atoms with Gasteiger partial charge in [0.25, 0.3) is 0 Å². The fourth-order valence-electron chi connectivity index (χ4n) is 3.11. The first-order chi connectivity index (χ1) is 6.96. The van der Waals surface area contributed by atoms with Crippen LogP contribution in [0.4, 0.5) is 0 Å². The van der Waals surface area contributed by atoms with Gasteiger partial charge in [-0.15, -0.1) is 0 Å². The van der Waals surface area contributed by atoms with Crippen molar-refractivity contribution in [3.63, 3.8) is 0 Å². The van der Waals surface area contributed by atoms with E-state index in [0.717, 1.165) is 6.04 Å². The first kappa shape index (κ1) is 11.4. The van der Waals surface area contributed by atoms with Crippen LogP contribution in [0.1, 0.15) is 47.0 Å². The number of hydrogen-bond acceptors (Lipinski definition) is 2. The molecule has 88 valence electrons. The van der Waals surface area contributed by atoms with Crippen LogP contribution in [0.15, 0.2) is 0 Å². The lowest BCUT2D eigenvalue weighted by Crippen LogP contribution is -2.30. The van der Waals surface area contributed by atoms with Gasteiger partial charge in [0.2, 0.25) is 0 Å². The second-order valence-electron chi connectivity index (χ2n) is 6.41. The van der Waals surface area contributed by atoms with Gasteiger partial charge >= 0.3 is 0 Å². The van der Waals surface area contributed by atoms with Crippen LogP contribution in [0.5, 0.6) is 0 Å². The normalized spacial score (nSPS) is 33.2. The molecule has 2 N–H and O–H groups in total. The van der Waals surface area contributed by atoms with Gasteiger partial charge in [-0.3, -0.25) is 0 Å². The lowest BCUT2D eigenvalue weighted by Gasteiger charge is -2.11. The number of hydrogen-bond donors (Lipinski definition) is 2. The molecule has 0 amide bonds. The van der Waals surface area contributed by atoms with Gasteiger partial charge in [-0.25, -0.2) is 0 Å². The summed E-state index contributed by atoms with van der Waals surface area (Å²) in [6.07, 6.45) is 4.03. The van der Waals surface area contributed by atoms with Gasteiger partial charge < -0.3 is 10.6 Å². The lowest BCUT2D eigenvalue weighted by molar-refractivity contribution is 0.457. The smallest absolute Gasteiger partial charge is 0.0181 e. The maximum absolute atomic E-state index is 3.72. The van der Waals surface area contributed by atoms with E-state index in [4.69, 9.17) is 0 Å². The van der Waals surface area contributed by atoms with Crippen molar-refractivity contribution in [2.24, 2.45) is 10.8 Å². The van der Waals surface area contributed by atoms with Crippen molar-refractivity contribution >= 4 is 0 Å².